The Hall–Kier alpha value is -1.66. The van der Waals surface area contributed by atoms with Gasteiger partial charge in [-0.05, 0) is 25.0 Å². The van der Waals surface area contributed by atoms with E-state index in [0.717, 1.165) is 42.0 Å². The summed E-state index contributed by atoms with van der Waals surface area (Å²) >= 11 is 1.56. The molecule has 21 heavy (non-hydrogen) atoms. The molecule has 2 aliphatic heterocycles. The molecule has 2 aromatic heterocycles. The molecule has 4 rings (SSSR count). The van der Waals surface area contributed by atoms with Crippen LogP contribution in [0.5, 0.6) is 0 Å². The van der Waals surface area contributed by atoms with Crippen LogP contribution in [-0.2, 0) is 17.7 Å². The van der Waals surface area contributed by atoms with Gasteiger partial charge in [0.1, 0.15) is 6.26 Å². The Balaban J connectivity index is 1.50. The first kappa shape index (κ1) is 13.0. The lowest BCUT2D eigenvalue weighted by atomic mass is 10.1. The summed E-state index contributed by atoms with van der Waals surface area (Å²) in [4.78, 5) is 16.4. The summed E-state index contributed by atoms with van der Waals surface area (Å²) in [5.41, 5.74) is 2.00. The van der Waals surface area contributed by atoms with E-state index >= 15 is 0 Å². The van der Waals surface area contributed by atoms with Crippen molar-refractivity contribution in [3.63, 3.8) is 0 Å². The third-order valence-electron chi connectivity index (χ3n) is 4.08. The molecule has 1 fully saturated rings. The van der Waals surface area contributed by atoms with Crippen LogP contribution in [0.25, 0.3) is 0 Å². The minimum absolute atomic E-state index is 0.0936. The average molecular weight is 304 g/mol. The van der Waals surface area contributed by atoms with Gasteiger partial charge in [-0.15, -0.1) is 11.3 Å². The van der Waals surface area contributed by atoms with Gasteiger partial charge in [-0.25, -0.2) is 0 Å². The maximum Gasteiger partial charge on any atom is 0.264 e. The Morgan fingerprint density at radius 1 is 1.43 bits per heavy atom. The van der Waals surface area contributed by atoms with E-state index in [-0.39, 0.29) is 12.0 Å². The first-order valence-electron chi connectivity index (χ1n) is 7.24. The van der Waals surface area contributed by atoms with Gasteiger partial charge < -0.3 is 14.2 Å². The topological polar surface area (TPSA) is 55.6 Å². The molecule has 0 aromatic carbocycles. The monoisotopic (exact) mass is 304 g/mol. The van der Waals surface area contributed by atoms with Crippen LogP contribution in [0.4, 0.5) is 0 Å². The molecule has 2 aromatic rings. The van der Waals surface area contributed by atoms with Gasteiger partial charge in [-0.3, -0.25) is 4.79 Å². The zero-order valence-electron chi connectivity index (χ0n) is 11.6. The van der Waals surface area contributed by atoms with E-state index in [0.29, 0.717) is 13.1 Å². The van der Waals surface area contributed by atoms with Crippen LogP contribution < -0.4 is 0 Å². The summed E-state index contributed by atoms with van der Waals surface area (Å²) in [6, 6.07) is 3.95. The first-order valence-corrected chi connectivity index (χ1v) is 8.05. The van der Waals surface area contributed by atoms with Gasteiger partial charge in [-0.1, -0.05) is 5.16 Å². The molecular formula is C15H16N2O3S. The molecule has 4 heterocycles. The number of carbonyl (C=O) groups excluding carboxylic acids is 1. The smallest absolute Gasteiger partial charge is 0.264 e. The van der Waals surface area contributed by atoms with E-state index in [1.54, 1.807) is 17.6 Å². The molecule has 0 radical (unpaired) electrons. The molecule has 2 aliphatic rings. The molecule has 0 N–H and O–H groups in total. The van der Waals surface area contributed by atoms with Crippen LogP contribution in [0.1, 0.15) is 44.8 Å². The first-order chi connectivity index (χ1) is 10.3. The van der Waals surface area contributed by atoms with Gasteiger partial charge in [0.15, 0.2) is 0 Å². The van der Waals surface area contributed by atoms with E-state index in [4.69, 9.17) is 9.26 Å². The van der Waals surface area contributed by atoms with E-state index in [9.17, 15) is 4.79 Å². The molecular weight excluding hydrogens is 288 g/mol. The Morgan fingerprint density at radius 2 is 2.38 bits per heavy atom. The van der Waals surface area contributed by atoms with Crippen molar-refractivity contribution < 1.29 is 14.1 Å². The standard InChI is InChI=1S/C15H16N2O3S/c18-15(17-6-5-11-10(8-17)9-20-16-11)14-4-3-13(21-14)12-2-1-7-19-12/h3-4,9,12H,1-2,5-8H2/t12-/m0/s1. The second-order valence-corrected chi connectivity index (χ2v) is 6.58. The van der Waals surface area contributed by atoms with Crippen LogP contribution in [0.3, 0.4) is 0 Å². The van der Waals surface area contributed by atoms with E-state index in [2.05, 4.69) is 5.16 Å². The fourth-order valence-electron chi connectivity index (χ4n) is 2.91. The number of nitrogens with zero attached hydrogens (tertiary/aromatic N) is 2. The molecule has 1 amide bonds. The lowest BCUT2D eigenvalue weighted by Gasteiger charge is -2.25. The lowest BCUT2D eigenvalue weighted by Crippen LogP contribution is -2.35. The van der Waals surface area contributed by atoms with Gasteiger partial charge in [0.05, 0.1) is 23.2 Å². The highest BCUT2D eigenvalue weighted by atomic mass is 32.1. The molecule has 110 valence electrons. The van der Waals surface area contributed by atoms with Gasteiger partial charge in [-0.2, -0.15) is 0 Å². The van der Waals surface area contributed by atoms with Gasteiger partial charge >= 0.3 is 0 Å². The minimum atomic E-state index is 0.0936. The van der Waals surface area contributed by atoms with Crippen molar-refractivity contribution >= 4 is 17.2 Å². The Labute approximate surface area is 126 Å². The lowest BCUT2D eigenvalue weighted by molar-refractivity contribution is 0.0739. The van der Waals surface area contributed by atoms with E-state index < -0.39 is 0 Å². The molecule has 0 bridgehead atoms. The summed E-state index contributed by atoms with van der Waals surface area (Å²) in [5.74, 6) is 0.0936. The largest absolute Gasteiger partial charge is 0.373 e. The van der Waals surface area contributed by atoms with E-state index in [1.807, 2.05) is 17.0 Å². The highest BCUT2D eigenvalue weighted by Gasteiger charge is 2.26. The van der Waals surface area contributed by atoms with Crippen molar-refractivity contribution in [1.29, 1.82) is 0 Å². The summed E-state index contributed by atoms with van der Waals surface area (Å²) in [5, 5.41) is 3.95. The Bertz CT molecular complexity index is 657. The maximum atomic E-state index is 12.6. The minimum Gasteiger partial charge on any atom is -0.373 e. The van der Waals surface area contributed by atoms with Crippen molar-refractivity contribution in [1.82, 2.24) is 10.1 Å². The normalized spacial score (nSPS) is 21.5. The number of fused-ring (bicyclic) bond motifs is 1. The third-order valence-corrected chi connectivity index (χ3v) is 5.25. The number of hydrogen-bond donors (Lipinski definition) is 0. The Morgan fingerprint density at radius 3 is 3.24 bits per heavy atom. The van der Waals surface area contributed by atoms with Crippen molar-refractivity contribution in [3.8, 4) is 0 Å². The second-order valence-electron chi connectivity index (χ2n) is 5.47. The van der Waals surface area contributed by atoms with Crippen LogP contribution in [0.15, 0.2) is 22.9 Å². The summed E-state index contributed by atoms with van der Waals surface area (Å²) < 4.78 is 10.6. The molecule has 1 atom stereocenters. The van der Waals surface area contributed by atoms with Crippen molar-refractivity contribution in [3.05, 3.63) is 39.4 Å². The maximum absolute atomic E-state index is 12.6. The molecule has 5 nitrogen and oxygen atoms in total. The number of amides is 1. The van der Waals surface area contributed by atoms with Gasteiger partial charge in [0.2, 0.25) is 0 Å². The van der Waals surface area contributed by atoms with E-state index in [1.165, 1.54) is 4.88 Å². The fourth-order valence-corrected chi connectivity index (χ4v) is 3.97. The summed E-state index contributed by atoms with van der Waals surface area (Å²) in [7, 11) is 0. The average Bonchev–Trinajstić information content (AvgIpc) is 3.24. The van der Waals surface area contributed by atoms with Crippen molar-refractivity contribution in [2.24, 2.45) is 0 Å². The number of aromatic nitrogens is 1. The number of ether oxygens (including phenoxy) is 1. The number of carbonyl (C=O) groups is 1. The van der Waals surface area contributed by atoms with Crippen LogP contribution in [0, 0.1) is 0 Å². The van der Waals surface area contributed by atoms with Crippen LogP contribution >= 0.6 is 11.3 Å². The van der Waals surface area contributed by atoms with Crippen LogP contribution in [0.2, 0.25) is 0 Å². The highest BCUT2D eigenvalue weighted by Crippen LogP contribution is 2.34. The summed E-state index contributed by atoms with van der Waals surface area (Å²) in [6.07, 6.45) is 4.75. The second kappa shape index (κ2) is 5.27. The molecule has 0 saturated carbocycles. The number of hydrogen-bond acceptors (Lipinski definition) is 5. The van der Waals surface area contributed by atoms with Gasteiger partial charge in [0, 0.05) is 30.0 Å². The highest BCUT2D eigenvalue weighted by molar-refractivity contribution is 7.14. The molecule has 0 spiro atoms. The van der Waals surface area contributed by atoms with Crippen molar-refractivity contribution in [2.45, 2.75) is 31.9 Å². The van der Waals surface area contributed by atoms with Crippen LogP contribution in [-0.4, -0.2) is 29.1 Å². The predicted molar refractivity (Wildman–Crippen MR) is 77.2 cm³/mol. The zero-order valence-corrected chi connectivity index (χ0v) is 12.4. The number of thiophene rings is 1. The molecule has 0 unspecified atom stereocenters. The van der Waals surface area contributed by atoms with Gasteiger partial charge in [0.25, 0.3) is 5.91 Å². The Kier molecular flexibility index (Phi) is 3.27. The number of rotatable bonds is 2. The zero-order chi connectivity index (χ0) is 14.2. The predicted octanol–water partition coefficient (Wildman–Crippen LogP) is 2.79. The molecule has 6 heteroatoms. The fraction of sp³-hybridized carbons (Fsp3) is 0.467. The molecule has 0 aliphatic carbocycles. The quantitative estimate of drug-likeness (QED) is 0.856. The molecule has 1 saturated heterocycles. The van der Waals surface area contributed by atoms with Crippen molar-refractivity contribution in [2.75, 3.05) is 13.2 Å². The summed E-state index contributed by atoms with van der Waals surface area (Å²) in [6.45, 7) is 2.12. The SMILES string of the molecule is O=C(c1ccc([C@@H]2CCCO2)s1)N1CCc2nocc2C1. The third kappa shape index (κ3) is 2.38.